The molecule has 5 nitrogen and oxygen atoms in total. The van der Waals surface area contributed by atoms with Gasteiger partial charge in [-0.25, -0.2) is 13.2 Å². The third-order valence-electron chi connectivity index (χ3n) is 3.36. The lowest BCUT2D eigenvalue weighted by molar-refractivity contribution is 0.0516. The van der Waals surface area contributed by atoms with E-state index < -0.39 is 15.8 Å². The number of fused-ring (bicyclic) bond motifs is 1. The van der Waals surface area contributed by atoms with E-state index in [1.165, 1.54) is 0 Å². The van der Waals surface area contributed by atoms with Crippen LogP contribution >= 0.6 is 11.3 Å². The summed E-state index contributed by atoms with van der Waals surface area (Å²) in [7, 11) is -3.23. The standard InChI is InChI=1S/C15H13NO4S2/c1-10-2-4-11(5-3-10)14(17)20-16-13-7-9-22(18,19)15-12(13)6-8-21-15/h2-6,8H,7,9H2,1H3/b16-13-. The van der Waals surface area contributed by atoms with E-state index in [4.69, 9.17) is 4.84 Å². The van der Waals surface area contributed by atoms with E-state index in [9.17, 15) is 13.2 Å². The molecule has 1 aromatic heterocycles. The van der Waals surface area contributed by atoms with Gasteiger partial charge in [0, 0.05) is 12.0 Å². The number of thiophene rings is 1. The predicted molar refractivity (Wildman–Crippen MR) is 84.1 cm³/mol. The molecule has 22 heavy (non-hydrogen) atoms. The van der Waals surface area contributed by atoms with Crippen LogP contribution in [0.25, 0.3) is 0 Å². The maximum absolute atomic E-state index is 11.9. The smallest absolute Gasteiger partial charge is 0.313 e. The van der Waals surface area contributed by atoms with Crippen LogP contribution in [-0.4, -0.2) is 25.9 Å². The van der Waals surface area contributed by atoms with E-state index in [0.717, 1.165) is 16.9 Å². The van der Waals surface area contributed by atoms with Crippen LogP contribution in [0.1, 0.15) is 27.9 Å². The molecule has 1 aliphatic heterocycles. The molecule has 2 aromatic rings. The van der Waals surface area contributed by atoms with Gasteiger partial charge in [0.25, 0.3) is 0 Å². The molecule has 7 heteroatoms. The Hall–Kier alpha value is -1.99. The Morgan fingerprint density at radius 3 is 2.68 bits per heavy atom. The molecule has 0 aliphatic carbocycles. The summed E-state index contributed by atoms with van der Waals surface area (Å²) < 4.78 is 24.1. The number of hydrogen-bond acceptors (Lipinski definition) is 6. The van der Waals surface area contributed by atoms with Gasteiger partial charge in [-0.15, -0.1) is 11.3 Å². The zero-order valence-electron chi connectivity index (χ0n) is 11.8. The lowest BCUT2D eigenvalue weighted by Crippen LogP contribution is -2.20. The molecule has 3 rings (SSSR count). The van der Waals surface area contributed by atoms with Crippen molar-refractivity contribution in [1.82, 2.24) is 0 Å². The minimum atomic E-state index is -3.23. The number of rotatable bonds is 2. The first-order valence-corrected chi connectivity index (χ1v) is 9.16. The van der Waals surface area contributed by atoms with Crippen LogP contribution in [0.5, 0.6) is 0 Å². The first kappa shape index (κ1) is 14.9. The fourth-order valence-corrected chi connectivity index (χ4v) is 4.95. The highest BCUT2D eigenvalue weighted by molar-refractivity contribution is 7.93. The van der Waals surface area contributed by atoms with Gasteiger partial charge in [0.1, 0.15) is 4.21 Å². The van der Waals surface area contributed by atoms with Gasteiger partial charge in [-0.3, -0.25) is 0 Å². The second kappa shape index (κ2) is 5.66. The second-order valence-corrected chi connectivity index (χ2v) is 8.19. The van der Waals surface area contributed by atoms with E-state index in [-0.39, 0.29) is 12.2 Å². The van der Waals surface area contributed by atoms with Gasteiger partial charge in [-0.05, 0) is 30.5 Å². The number of nitrogens with zero attached hydrogens (tertiary/aromatic N) is 1. The molecule has 0 saturated heterocycles. The third-order valence-corrected chi connectivity index (χ3v) is 6.64. The number of carbonyl (C=O) groups excluding carboxylic acids is 1. The van der Waals surface area contributed by atoms with Crippen molar-refractivity contribution in [3.63, 3.8) is 0 Å². The Balaban J connectivity index is 1.82. The summed E-state index contributed by atoms with van der Waals surface area (Å²) in [5, 5.41) is 5.57. The van der Waals surface area contributed by atoms with Crippen molar-refractivity contribution in [2.75, 3.05) is 5.75 Å². The van der Waals surface area contributed by atoms with Gasteiger partial charge in [-0.2, -0.15) is 0 Å². The highest BCUT2D eigenvalue weighted by Gasteiger charge is 2.29. The Kier molecular flexibility index (Phi) is 3.84. The Morgan fingerprint density at radius 2 is 1.95 bits per heavy atom. The average molecular weight is 335 g/mol. The normalized spacial score (nSPS) is 18.0. The minimum absolute atomic E-state index is 0.0125. The fourth-order valence-electron chi connectivity index (χ4n) is 2.14. The first-order chi connectivity index (χ1) is 10.5. The highest BCUT2D eigenvalue weighted by Crippen LogP contribution is 2.30. The van der Waals surface area contributed by atoms with Gasteiger partial charge < -0.3 is 4.84 Å². The monoisotopic (exact) mass is 335 g/mol. The van der Waals surface area contributed by atoms with Gasteiger partial charge in [0.05, 0.1) is 17.0 Å². The molecule has 114 valence electrons. The second-order valence-electron chi connectivity index (χ2n) is 4.97. The first-order valence-electron chi connectivity index (χ1n) is 6.63. The molecule has 1 aliphatic rings. The SMILES string of the molecule is Cc1ccc(C(=O)O/N=C2/CCS(=O)(=O)c3sccc32)cc1. The number of carbonyl (C=O) groups is 1. The van der Waals surface area contributed by atoms with Crippen LogP contribution < -0.4 is 0 Å². The summed E-state index contributed by atoms with van der Waals surface area (Å²) in [6, 6.07) is 8.65. The van der Waals surface area contributed by atoms with Crippen molar-refractivity contribution < 1.29 is 18.0 Å². The van der Waals surface area contributed by atoms with Crippen LogP contribution in [0.15, 0.2) is 45.1 Å². The quantitative estimate of drug-likeness (QED) is 0.625. The van der Waals surface area contributed by atoms with E-state index >= 15 is 0 Å². The van der Waals surface area contributed by atoms with Gasteiger partial charge in [0.2, 0.25) is 0 Å². The number of oxime groups is 1. The van der Waals surface area contributed by atoms with E-state index in [1.807, 2.05) is 19.1 Å². The number of benzene rings is 1. The maximum atomic E-state index is 11.9. The van der Waals surface area contributed by atoms with Crippen LogP contribution in [0.3, 0.4) is 0 Å². The Bertz CT molecular complexity index is 848. The molecule has 2 heterocycles. The molecule has 0 fully saturated rings. The molecular weight excluding hydrogens is 322 g/mol. The van der Waals surface area contributed by atoms with Gasteiger partial charge in [0.15, 0.2) is 9.84 Å². The van der Waals surface area contributed by atoms with E-state index in [2.05, 4.69) is 5.16 Å². The van der Waals surface area contributed by atoms with Gasteiger partial charge >= 0.3 is 5.97 Å². The average Bonchev–Trinajstić information content (AvgIpc) is 2.98. The summed E-state index contributed by atoms with van der Waals surface area (Å²) in [5.74, 6) is -0.570. The lowest BCUT2D eigenvalue weighted by Gasteiger charge is -2.13. The lowest BCUT2D eigenvalue weighted by atomic mass is 10.1. The van der Waals surface area contributed by atoms with E-state index in [0.29, 0.717) is 21.0 Å². The fraction of sp³-hybridized carbons (Fsp3) is 0.200. The predicted octanol–water partition coefficient (Wildman–Crippen LogP) is 2.80. The van der Waals surface area contributed by atoms with Crippen LogP contribution in [0.4, 0.5) is 0 Å². The van der Waals surface area contributed by atoms with Crippen molar-refractivity contribution in [3.8, 4) is 0 Å². The number of aryl methyl sites for hydroxylation is 1. The highest BCUT2D eigenvalue weighted by atomic mass is 32.2. The van der Waals surface area contributed by atoms with Crippen LogP contribution in [0.2, 0.25) is 0 Å². The van der Waals surface area contributed by atoms with Crippen molar-refractivity contribution >= 4 is 32.9 Å². The molecule has 0 unspecified atom stereocenters. The zero-order valence-corrected chi connectivity index (χ0v) is 13.4. The summed E-state index contributed by atoms with van der Waals surface area (Å²) in [6.45, 7) is 1.93. The molecule has 0 bridgehead atoms. The largest absolute Gasteiger partial charge is 0.365 e. The topological polar surface area (TPSA) is 72.8 Å². The molecule has 1 aromatic carbocycles. The molecule has 0 N–H and O–H groups in total. The van der Waals surface area contributed by atoms with Crippen molar-refractivity contribution in [2.45, 2.75) is 17.6 Å². The molecule has 0 atom stereocenters. The molecule has 0 amide bonds. The maximum Gasteiger partial charge on any atom is 0.365 e. The third kappa shape index (κ3) is 2.82. The summed E-state index contributed by atoms with van der Waals surface area (Å²) in [6.07, 6.45) is 0.243. The number of hydrogen-bond donors (Lipinski definition) is 0. The Morgan fingerprint density at radius 1 is 1.23 bits per heavy atom. The van der Waals surface area contributed by atoms with Crippen molar-refractivity contribution in [1.29, 1.82) is 0 Å². The summed E-state index contributed by atoms with van der Waals surface area (Å²) >= 11 is 1.16. The molecule has 0 saturated carbocycles. The van der Waals surface area contributed by atoms with Crippen molar-refractivity contribution in [3.05, 3.63) is 52.4 Å². The van der Waals surface area contributed by atoms with Crippen LogP contribution in [0, 0.1) is 6.92 Å². The summed E-state index contributed by atoms with van der Waals surface area (Å²) in [4.78, 5) is 16.9. The summed E-state index contributed by atoms with van der Waals surface area (Å²) in [5.41, 5.74) is 2.48. The number of sulfone groups is 1. The zero-order chi connectivity index (χ0) is 15.7. The molecular formula is C15H13NO4S2. The van der Waals surface area contributed by atoms with E-state index in [1.54, 1.807) is 23.6 Å². The van der Waals surface area contributed by atoms with Gasteiger partial charge in [-0.1, -0.05) is 22.9 Å². The molecule has 0 spiro atoms. The Labute approximate surface area is 132 Å². The van der Waals surface area contributed by atoms with Crippen molar-refractivity contribution in [2.24, 2.45) is 5.16 Å². The van der Waals surface area contributed by atoms with Crippen LogP contribution in [-0.2, 0) is 14.7 Å². The molecule has 0 radical (unpaired) electrons. The minimum Gasteiger partial charge on any atom is -0.313 e.